The second kappa shape index (κ2) is 2.95. The molecule has 0 unspecified atom stereocenters. The van der Waals surface area contributed by atoms with Gasteiger partial charge in [-0.1, -0.05) is 0 Å². The van der Waals surface area contributed by atoms with Crippen LogP contribution in [-0.4, -0.2) is 15.2 Å². The van der Waals surface area contributed by atoms with Crippen LogP contribution >= 0.6 is 0 Å². The van der Waals surface area contributed by atoms with Gasteiger partial charge in [-0.2, -0.15) is 5.10 Å². The summed E-state index contributed by atoms with van der Waals surface area (Å²) >= 11 is 0. The third kappa shape index (κ3) is 1.30. The molecule has 4 heteroatoms. The van der Waals surface area contributed by atoms with Crippen molar-refractivity contribution in [2.45, 2.75) is 6.92 Å². The number of hydrogen-bond donors (Lipinski definition) is 1. The number of H-pyrrole nitrogens is 1. The lowest BCUT2D eigenvalue weighted by Gasteiger charge is -1.95. The Morgan fingerprint density at radius 2 is 2.20 bits per heavy atom. The second-order valence-electron chi connectivity index (χ2n) is 3.39. The first kappa shape index (κ1) is 8.23. The van der Waals surface area contributed by atoms with Gasteiger partial charge in [0, 0.05) is 18.7 Å². The van der Waals surface area contributed by atoms with E-state index in [4.69, 9.17) is 4.42 Å². The summed E-state index contributed by atoms with van der Waals surface area (Å²) in [7, 11) is 0. The number of aromatic nitrogens is 3. The zero-order valence-corrected chi connectivity index (χ0v) is 8.19. The molecule has 1 N–H and O–H groups in total. The summed E-state index contributed by atoms with van der Waals surface area (Å²) < 4.78 is 5.40. The van der Waals surface area contributed by atoms with E-state index in [1.54, 1.807) is 6.20 Å². The van der Waals surface area contributed by atoms with Crippen molar-refractivity contribution in [2.75, 3.05) is 0 Å². The number of benzene rings is 1. The molecule has 3 rings (SSSR count). The zero-order valence-electron chi connectivity index (χ0n) is 8.19. The molecule has 0 aliphatic rings. The van der Waals surface area contributed by atoms with E-state index in [0.717, 1.165) is 22.4 Å². The van der Waals surface area contributed by atoms with Gasteiger partial charge in [0.1, 0.15) is 5.52 Å². The van der Waals surface area contributed by atoms with Crippen LogP contribution in [0.25, 0.3) is 22.4 Å². The molecule has 15 heavy (non-hydrogen) atoms. The first-order valence-corrected chi connectivity index (χ1v) is 4.70. The SMILES string of the molecule is Cc1nc2cc(-c3ccn[nH]3)ccc2o1. The van der Waals surface area contributed by atoms with E-state index in [-0.39, 0.29) is 0 Å². The Labute approximate surface area is 85.9 Å². The summed E-state index contributed by atoms with van der Waals surface area (Å²) in [4.78, 5) is 4.28. The maximum atomic E-state index is 5.40. The quantitative estimate of drug-likeness (QED) is 0.655. The molecule has 74 valence electrons. The number of aryl methyl sites for hydroxylation is 1. The van der Waals surface area contributed by atoms with Crippen LogP contribution in [0.4, 0.5) is 0 Å². The molecule has 2 aromatic heterocycles. The summed E-state index contributed by atoms with van der Waals surface area (Å²) in [6, 6.07) is 7.82. The first-order chi connectivity index (χ1) is 7.33. The van der Waals surface area contributed by atoms with E-state index >= 15 is 0 Å². The lowest BCUT2D eigenvalue weighted by molar-refractivity contribution is 0.561. The van der Waals surface area contributed by atoms with Crippen LogP contribution in [0.15, 0.2) is 34.9 Å². The number of nitrogens with one attached hydrogen (secondary N) is 1. The summed E-state index contributed by atoms with van der Waals surface area (Å²) in [6.45, 7) is 1.84. The van der Waals surface area contributed by atoms with Crippen molar-refractivity contribution in [1.29, 1.82) is 0 Å². The molecule has 0 radical (unpaired) electrons. The molecule has 0 fully saturated rings. The lowest BCUT2D eigenvalue weighted by Crippen LogP contribution is -1.78. The van der Waals surface area contributed by atoms with Gasteiger partial charge in [-0.15, -0.1) is 0 Å². The number of aromatic amines is 1. The Hall–Kier alpha value is -2.10. The third-order valence-electron chi connectivity index (χ3n) is 2.31. The minimum absolute atomic E-state index is 0.687. The lowest BCUT2D eigenvalue weighted by atomic mass is 10.1. The average Bonchev–Trinajstić information content (AvgIpc) is 2.82. The van der Waals surface area contributed by atoms with Gasteiger partial charge in [-0.05, 0) is 24.3 Å². The van der Waals surface area contributed by atoms with Crippen LogP contribution in [0.3, 0.4) is 0 Å². The van der Waals surface area contributed by atoms with Gasteiger partial charge in [-0.25, -0.2) is 4.98 Å². The van der Waals surface area contributed by atoms with Gasteiger partial charge in [0.2, 0.25) is 0 Å². The van der Waals surface area contributed by atoms with Crippen LogP contribution in [0.5, 0.6) is 0 Å². The molecule has 0 atom stereocenters. The van der Waals surface area contributed by atoms with E-state index in [0.29, 0.717) is 5.89 Å². The molecule has 2 heterocycles. The molecule has 0 spiro atoms. The van der Waals surface area contributed by atoms with Crippen molar-refractivity contribution < 1.29 is 4.42 Å². The maximum Gasteiger partial charge on any atom is 0.192 e. The molecular weight excluding hydrogens is 190 g/mol. The van der Waals surface area contributed by atoms with E-state index in [9.17, 15) is 0 Å². The molecule has 3 aromatic rings. The van der Waals surface area contributed by atoms with Crippen molar-refractivity contribution in [3.05, 3.63) is 36.4 Å². The predicted molar refractivity (Wildman–Crippen MR) is 56.3 cm³/mol. The molecule has 0 amide bonds. The first-order valence-electron chi connectivity index (χ1n) is 4.70. The minimum atomic E-state index is 0.687. The van der Waals surface area contributed by atoms with Crippen LogP contribution in [0.2, 0.25) is 0 Å². The summed E-state index contributed by atoms with van der Waals surface area (Å²) in [6.07, 6.45) is 1.73. The minimum Gasteiger partial charge on any atom is -0.441 e. The summed E-state index contributed by atoms with van der Waals surface area (Å²) in [5.74, 6) is 0.687. The fraction of sp³-hybridized carbons (Fsp3) is 0.0909. The third-order valence-corrected chi connectivity index (χ3v) is 2.31. The number of hydrogen-bond acceptors (Lipinski definition) is 3. The number of oxazole rings is 1. The van der Waals surface area contributed by atoms with Crippen LogP contribution in [0.1, 0.15) is 5.89 Å². The Morgan fingerprint density at radius 1 is 1.27 bits per heavy atom. The van der Waals surface area contributed by atoms with Crippen LogP contribution < -0.4 is 0 Å². The molecule has 0 aliphatic carbocycles. The Balaban J connectivity index is 2.21. The van der Waals surface area contributed by atoms with Gasteiger partial charge in [-0.3, -0.25) is 5.10 Å². The largest absolute Gasteiger partial charge is 0.441 e. The molecule has 1 aromatic carbocycles. The number of fused-ring (bicyclic) bond motifs is 1. The van der Waals surface area contributed by atoms with Gasteiger partial charge in [0.25, 0.3) is 0 Å². The highest BCUT2D eigenvalue weighted by molar-refractivity contribution is 5.79. The zero-order chi connectivity index (χ0) is 10.3. The van der Waals surface area contributed by atoms with Crippen molar-refractivity contribution in [3.63, 3.8) is 0 Å². The Morgan fingerprint density at radius 3 is 3.00 bits per heavy atom. The van der Waals surface area contributed by atoms with Crippen molar-refractivity contribution in [1.82, 2.24) is 15.2 Å². The van der Waals surface area contributed by atoms with Gasteiger partial charge < -0.3 is 4.42 Å². The molecule has 0 saturated carbocycles. The normalized spacial score (nSPS) is 11.0. The molecule has 0 saturated heterocycles. The fourth-order valence-corrected chi connectivity index (χ4v) is 1.63. The molecular formula is C11H9N3O. The van der Waals surface area contributed by atoms with E-state index < -0.39 is 0 Å². The average molecular weight is 199 g/mol. The highest BCUT2D eigenvalue weighted by atomic mass is 16.3. The van der Waals surface area contributed by atoms with Crippen molar-refractivity contribution in [3.8, 4) is 11.3 Å². The molecule has 0 bridgehead atoms. The number of nitrogens with zero attached hydrogens (tertiary/aromatic N) is 2. The van der Waals surface area contributed by atoms with E-state index in [1.165, 1.54) is 0 Å². The van der Waals surface area contributed by atoms with Crippen LogP contribution in [-0.2, 0) is 0 Å². The summed E-state index contributed by atoms with van der Waals surface area (Å²) in [5.41, 5.74) is 3.74. The smallest absolute Gasteiger partial charge is 0.192 e. The van der Waals surface area contributed by atoms with Gasteiger partial charge in [0.05, 0.1) is 5.69 Å². The van der Waals surface area contributed by atoms with Crippen molar-refractivity contribution >= 4 is 11.1 Å². The second-order valence-corrected chi connectivity index (χ2v) is 3.39. The van der Waals surface area contributed by atoms with E-state index in [1.807, 2.05) is 31.2 Å². The van der Waals surface area contributed by atoms with E-state index in [2.05, 4.69) is 15.2 Å². The van der Waals surface area contributed by atoms with Crippen molar-refractivity contribution in [2.24, 2.45) is 0 Å². The Bertz CT molecular complexity index is 595. The van der Waals surface area contributed by atoms with Gasteiger partial charge >= 0.3 is 0 Å². The molecule has 0 aliphatic heterocycles. The standard InChI is InChI=1S/C11H9N3O/c1-7-13-10-6-8(2-3-11(10)15-7)9-4-5-12-14-9/h2-6H,1H3,(H,12,14). The highest BCUT2D eigenvalue weighted by Gasteiger charge is 2.04. The predicted octanol–water partition coefficient (Wildman–Crippen LogP) is 2.53. The Kier molecular flexibility index (Phi) is 1.62. The maximum absolute atomic E-state index is 5.40. The summed E-state index contributed by atoms with van der Waals surface area (Å²) in [5, 5.41) is 6.83. The highest BCUT2D eigenvalue weighted by Crippen LogP contribution is 2.22. The van der Waals surface area contributed by atoms with Crippen LogP contribution in [0, 0.1) is 6.92 Å². The molecule has 4 nitrogen and oxygen atoms in total. The fourth-order valence-electron chi connectivity index (χ4n) is 1.63. The number of rotatable bonds is 1. The topological polar surface area (TPSA) is 54.7 Å². The van der Waals surface area contributed by atoms with Gasteiger partial charge in [0.15, 0.2) is 11.5 Å². The monoisotopic (exact) mass is 199 g/mol.